The minimum absolute atomic E-state index is 0.0673. The minimum atomic E-state index is -0.580. The van der Waals surface area contributed by atoms with Gasteiger partial charge in [-0.3, -0.25) is 0 Å². The lowest BCUT2D eigenvalue weighted by molar-refractivity contribution is 0.0602. The van der Waals surface area contributed by atoms with Crippen LogP contribution in [0.25, 0.3) is 0 Å². The molecule has 0 saturated carbocycles. The number of hydrogen-bond donors (Lipinski definition) is 2. The molecule has 0 aliphatic heterocycles. The van der Waals surface area contributed by atoms with Gasteiger partial charge in [0.2, 0.25) is 0 Å². The van der Waals surface area contributed by atoms with Crippen LogP contribution in [0.4, 0.5) is 15.8 Å². The Labute approximate surface area is 120 Å². The number of halogens is 1. The van der Waals surface area contributed by atoms with Gasteiger partial charge in [-0.1, -0.05) is 0 Å². The Bertz CT molecular complexity index is 599. The second kappa shape index (κ2) is 6.38. The van der Waals surface area contributed by atoms with E-state index in [4.69, 9.17) is 5.73 Å². The number of methoxy groups -OCH3 is 1. The highest BCUT2D eigenvalue weighted by Crippen LogP contribution is 2.23. The Morgan fingerprint density at radius 2 is 2.30 bits per heavy atom. The summed E-state index contributed by atoms with van der Waals surface area (Å²) < 4.78 is 18.4. The van der Waals surface area contributed by atoms with Crippen molar-refractivity contribution in [1.82, 2.24) is 0 Å². The van der Waals surface area contributed by atoms with Crippen LogP contribution in [0.15, 0.2) is 29.0 Å². The van der Waals surface area contributed by atoms with Gasteiger partial charge in [0.1, 0.15) is 5.82 Å². The number of benzene rings is 1. The van der Waals surface area contributed by atoms with Crippen molar-refractivity contribution in [3.8, 4) is 0 Å². The SMILES string of the molecule is COC(=O)c1cc(NCCc2ccsc2)c(F)cc1N. The number of ether oxygens (including phenoxy) is 1. The third kappa shape index (κ3) is 3.27. The number of hydrogen-bond acceptors (Lipinski definition) is 5. The smallest absolute Gasteiger partial charge is 0.340 e. The van der Waals surface area contributed by atoms with E-state index in [1.165, 1.54) is 18.7 Å². The van der Waals surface area contributed by atoms with Crippen molar-refractivity contribution in [3.05, 3.63) is 45.9 Å². The molecule has 20 heavy (non-hydrogen) atoms. The van der Waals surface area contributed by atoms with Crippen LogP contribution >= 0.6 is 11.3 Å². The molecule has 0 atom stereocenters. The molecule has 4 nitrogen and oxygen atoms in total. The zero-order valence-corrected chi connectivity index (χ0v) is 11.8. The number of thiophene rings is 1. The van der Waals surface area contributed by atoms with E-state index in [1.807, 2.05) is 16.8 Å². The second-order valence-corrected chi connectivity index (χ2v) is 5.00. The summed E-state index contributed by atoms with van der Waals surface area (Å²) in [4.78, 5) is 11.5. The molecular weight excluding hydrogens is 279 g/mol. The molecule has 2 rings (SSSR count). The molecule has 0 amide bonds. The number of nitrogen functional groups attached to an aromatic ring is 1. The van der Waals surface area contributed by atoms with Crippen LogP contribution in [0.3, 0.4) is 0 Å². The van der Waals surface area contributed by atoms with Gasteiger partial charge in [0.25, 0.3) is 0 Å². The van der Waals surface area contributed by atoms with E-state index in [1.54, 1.807) is 11.3 Å². The molecule has 0 saturated heterocycles. The van der Waals surface area contributed by atoms with Crippen LogP contribution in [-0.4, -0.2) is 19.6 Å². The molecular formula is C14H15FN2O2S. The topological polar surface area (TPSA) is 64.3 Å². The summed E-state index contributed by atoms with van der Waals surface area (Å²) in [5.74, 6) is -1.07. The summed E-state index contributed by atoms with van der Waals surface area (Å²) in [5.41, 5.74) is 7.26. The quantitative estimate of drug-likeness (QED) is 0.657. The summed E-state index contributed by atoms with van der Waals surface area (Å²) >= 11 is 1.62. The molecule has 0 unspecified atom stereocenters. The van der Waals surface area contributed by atoms with Crippen LogP contribution < -0.4 is 11.1 Å². The Kier molecular flexibility index (Phi) is 4.57. The maximum atomic E-state index is 13.8. The summed E-state index contributed by atoms with van der Waals surface area (Å²) in [6, 6.07) is 4.52. The predicted octanol–water partition coefficient (Wildman–Crippen LogP) is 2.91. The summed E-state index contributed by atoms with van der Waals surface area (Å²) in [6.45, 7) is 0.568. The van der Waals surface area contributed by atoms with Crippen LogP contribution in [0.1, 0.15) is 15.9 Å². The number of nitrogens with two attached hydrogens (primary N) is 1. The molecule has 0 aliphatic rings. The van der Waals surface area contributed by atoms with Gasteiger partial charge in [0.05, 0.1) is 18.4 Å². The highest BCUT2D eigenvalue weighted by atomic mass is 32.1. The Morgan fingerprint density at radius 1 is 1.50 bits per heavy atom. The third-order valence-electron chi connectivity index (χ3n) is 2.85. The van der Waals surface area contributed by atoms with Gasteiger partial charge in [-0.25, -0.2) is 9.18 Å². The van der Waals surface area contributed by atoms with Crippen LogP contribution in [0.5, 0.6) is 0 Å². The monoisotopic (exact) mass is 294 g/mol. The molecule has 3 N–H and O–H groups in total. The van der Waals surface area contributed by atoms with Crippen LogP contribution in [0, 0.1) is 5.82 Å². The zero-order valence-electron chi connectivity index (χ0n) is 11.0. The third-order valence-corrected chi connectivity index (χ3v) is 3.59. The van der Waals surface area contributed by atoms with Gasteiger partial charge >= 0.3 is 5.97 Å². The Hall–Kier alpha value is -2.08. The van der Waals surface area contributed by atoms with Crippen molar-refractivity contribution in [2.24, 2.45) is 0 Å². The molecule has 0 bridgehead atoms. The van der Waals surface area contributed by atoms with Gasteiger partial charge in [-0.2, -0.15) is 11.3 Å². The normalized spacial score (nSPS) is 10.3. The first-order valence-electron chi connectivity index (χ1n) is 6.04. The molecule has 1 heterocycles. The molecule has 1 aromatic heterocycles. The molecule has 106 valence electrons. The van der Waals surface area contributed by atoms with E-state index >= 15 is 0 Å². The summed E-state index contributed by atoms with van der Waals surface area (Å²) in [5, 5.41) is 7.00. The largest absolute Gasteiger partial charge is 0.465 e. The van der Waals surface area contributed by atoms with E-state index in [0.29, 0.717) is 6.54 Å². The van der Waals surface area contributed by atoms with Gasteiger partial charge in [0, 0.05) is 12.2 Å². The first kappa shape index (κ1) is 14.3. The zero-order chi connectivity index (χ0) is 14.5. The highest BCUT2D eigenvalue weighted by molar-refractivity contribution is 7.07. The number of carbonyl (C=O) groups is 1. The molecule has 0 spiro atoms. The van der Waals surface area contributed by atoms with Crippen molar-refractivity contribution in [3.63, 3.8) is 0 Å². The number of rotatable bonds is 5. The van der Waals surface area contributed by atoms with E-state index in [2.05, 4.69) is 10.1 Å². The maximum Gasteiger partial charge on any atom is 0.340 e. The van der Waals surface area contributed by atoms with Gasteiger partial charge in [0.15, 0.2) is 0 Å². The molecule has 0 aliphatic carbocycles. The lowest BCUT2D eigenvalue weighted by atomic mass is 10.1. The fraction of sp³-hybridized carbons (Fsp3) is 0.214. The van der Waals surface area contributed by atoms with Crippen LogP contribution in [0.2, 0.25) is 0 Å². The van der Waals surface area contributed by atoms with Crippen molar-refractivity contribution in [1.29, 1.82) is 0 Å². The van der Waals surface area contributed by atoms with Gasteiger partial charge < -0.3 is 15.8 Å². The molecule has 6 heteroatoms. The van der Waals surface area contributed by atoms with Crippen molar-refractivity contribution in [2.45, 2.75) is 6.42 Å². The van der Waals surface area contributed by atoms with E-state index in [0.717, 1.165) is 12.5 Å². The van der Waals surface area contributed by atoms with E-state index < -0.39 is 11.8 Å². The fourth-order valence-corrected chi connectivity index (χ4v) is 2.49. The Morgan fingerprint density at radius 3 is 2.95 bits per heavy atom. The van der Waals surface area contributed by atoms with Crippen molar-refractivity contribution in [2.75, 3.05) is 24.7 Å². The van der Waals surface area contributed by atoms with Crippen molar-refractivity contribution < 1.29 is 13.9 Å². The molecule has 0 radical (unpaired) electrons. The average molecular weight is 294 g/mol. The summed E-state index contributed by atoms with van der Waals surface area (Å²) in [6.07, 6.45) is 0.779. The fourth-order valence-electron chi connectivity index (χ4n) is 1.79. The second-order valence-electron chi connectivity index (χ2n) is 4.22. The van der Waals surface area contributed by atoms with Crippen LogP contribution in [-0.2, 0) is 11.2 Å². The maximum absolute atomic E-state index is 13.8. The molecule has 2 aromatic rings. The minimum Gasteiger partial charge on any atom is -0.465 e. The number of esters is 1. The summed E-state index contributed by atoms with van der Waals surface area (Å²) in [7, 11) is 1.26. The predicted molar refractivity (Wildman–Crippen MR) is 78.7 cm³/mol. The first-order chi connectivity index (χ1) is 9.61. The average Bonchev–Trinajstić information content (AvgIpc) is 2.93. The number of anilines is 2. The van der Waals surface area contributed by atoms with Gasteiger partial charge in [-0.15, -0.1) is 0 Å². The number of carbonyl (C=O) groups excluding carboxylic acids is 1. The lowest BCUT2D eigenvalue weighted by Gasteiger charge is -2.10. The highest BCUT2D eigenvalue weighted by Gasteiger charge is 2.14. The Balaban J connectivity index is 2.08. The van der Waals surface area contributed by atoms with E-state index in [9.17, 15) is 9.18 Å². The van der Waals surface area contributed by atoms with Crippen molar-refractivity contribution >= 4 is 28.7 Å². The van der Waals surface area contributed by atoms with Gasteiger partial charge in [-0.05, 0) is 40.9 Å². The standard InChI is InChI=1S/C14H15FN2O2S/c1-19-14(18)10-6-13(11(15)7-12(10)16)17-4-2-9-3-5-20-8-9/h3,5-8,17H,2,4,16H2,1H3. The molecule has 1 aromatic carbocycles. The van der Waals surface area contributed by atoms with E-state index in [-0.39, 0.29) is 16.9 Å². The first-order valence-corrected chi connectivity index (χ1v) is 6.98. The number of nitrogens with one attached hydrogen (secondary N) is 1. The lowest BCUT2D eigenvalue weighted by Crippen LogP contribution is -2.10. The molecule has 0 fully saturated rings.